The average molecular weight is 431 g/mol. The van der Waals surface area contributed by atoms with Crippen molar-refractivity contribution in [3.63, 3.8) is 0 Å². The molecule has 32 heavy (non-hydrogen) atoms. The quantitative estimate of drug-likeness (QED) is 0.467. The second kappa shape index (κ2) is 11.4. The van der Waals surface area contributed by atoms with Crippen molar-refractivity contribution in [3.8, 4) is 16.9 Å². The minimum Gasteiger partial charge on any atom is -0.494 e. The Kier molecular flexibility index (Phi) is 7.88. The number of rotatable bonds is 9. The van der Waals surface area contributed by atoms with Crippen LogP contribution in [0.25, 0.3) is 11.1 Å². The van der Waals surface area contributed by atoms with Gasteiger partial charge in [0.15, 0.2) is 0 Å². The normalized spacial score (nSPS) is 13.7. The van der Waals surface area contributed by atoms with Crippen LogP contribution < -0.4 is 4.74 Å². The molecule has 0 radical (unpaired) electrons. The maximum atomic E-state index is 12.5. The summed E-state index contributed by atoms with van der Waals surface area (Å²) in [6.45, 7) is 3.33. The molecule has 5 nitrogen and oxygen atoms in total. The van der Waals surface area contributed by atoms with Crippen molar-refractivity contribution in [2.75, 3.05) is 32.9 Å². The summed E-state index contributed by atoms with van der Waals surface area (Å²) < 4.78 is 11.2. The van der Waals surface area contributed by atoms with Gasteiger partial charge in [0.05, 0.1) is 26.2 Å². The van der Waals surface area contributed by atoms with E-state index >= 15 is 0 Å². The zero-order chi connectivity index (χ0) is 22.0. The molecule has 2 heterocycles. The van der Waals surface area contributed by atoms with E-state index in [1.165, 1.54) is 5.56 Å². The number of aryl methyl sites for hydroxylation is 1. The summed E-state index contributed by atoms with van der Waals surface area (Å²) in [5, 5.41) is 0. The summed E-state index contributed by atoms with van der Waals surface area (Å²) in [7, 11) is 0. The van der Waals surface area contributed by atoms with Crippen molar-refractivity contribution < 1.29 is 14.3 Å². The van der Waals surface area contributed by atoms with Gasteiger partial charge in [0, 0.05) is 25.5 Å². The van der Waals surface area contributed by atoms with Crippen LogP contribution in [0.1, 0.15) is 24.0 Å². The molecule has 1 fully saturated rings. The Morgan fingerprint density at radius 2 is 1.75 bits per heavy atom. The Morgan fingerprint density at radius 3 is 2.53 bits per heavy atom. The fourth-order valence-electron chi connectivity index (χ4n) is 3.87. The van der Waals surface area contributed by atoms with E-state index in [9.17, 15) is 4.79 Å². The molecule has 0 saturated carbocycles. The third-order valence-corrected chi connectivity index (χ3v) is 5.69. The molecule has 0 spiro atoms. The largest absolute Gasteiger partial charge is 0.494 e. The van der Waals surface area contributed by atoms with E-state index in [4.69, 9.17) is 9.47 Å². The van der Waals surface area contributed by atoms with Gasteiger partial charge in [-0.05, 0) is 59.7 Å². The van der Waals surface area contributed by atoms with Gasteiger partial charge in [-0.25, -0.2) is 0 Å². The molecule has 1 saturated heterocycles. The van der Waals surface area contributed by atoms with Crippen LogP contribution >= 0.6 is 0 Å². The SMILES string of the molecule is O=C(Cc1cccc(-c2ccc(OCCCCc3cccnc3)cc2)c1)N1CCOCC1. The van der Waals surface area contributed by atoms with Gasteiger partial charge in [0.1, 0.15) is 5.75 Å². The fourth-order valence-corrected chi connectivity index (χ4v) is 3.87. The van der Waals surface area contributed by atoms with Gasteiger partial charge in [-0.1, -0.05) is 42.5 Å². The molecule has 0 bridgehead atoms. The number of nitrogens with zero attached hydrogens (tertiary/aromatic N) is 2. The molecule has 0 N–H and O–H groups in total. The Labute approximate surface area is 190 Å². The summed E-state index contributed by atoms with van der Waals surface area (Å²) in [5.74, 6) is 1.05. The van der Waals surface area contributed by atoms with Gasteiger partial charge >= 0.3 is 0 Å². The maximum Gasteiger partial charge on any atom is 0.227 e. The van der Waals surface area contributed by atoms with Crippen molar-refractivity contribution in [2.24, 2.45) is 0 Å². The Hall–Kier alpha value is -3.18. The summed E-state index contributed by atoms with van der Waals surface area (Å²) in [6.07, 6.45) is 7.27. The lowest BCUT2D eigenvalue weighted by Gasteiger charge is -2.26. The molecular weight excluding hydrogens is 400 g/mol. The van der Waals surface area contributed by atoms with Crippen LogP contribution in [-0.4, -0.2) is 48.7 Å². The molecule has 5 heteroatoms. The van der Waals surface area contributed by atoms with Gasteiger partial charge in [0.25, 0.3) is 0 Å². The van der Waals surface area contributed by atoms with Crippen LogP contribution in [-0.2, 0) is 22.4 Å². The van der Waals surface area contributed by atoms with Crippen molar-refractivity contribution >= 4 is 5.91 Å². The lowest BCUT2D eigenvalue weighted by atomic mass is 10.0. The highest BCUT2D eigenvalue weighted by Crippen LogP contribution is 2.24. The molecule has 1 aromatic heterocycles. The Balaban J connectivity index is 1.26. The van der Waals surface area contributed by atoms with Crippen molar-refractivity contribution in [1.82, 2.24) is 9.88 Å². The highest BCUT2D eigenvalue weighted by molar-refractivity contribution is 5.79. The molecule has 1 aliphatic rings. The van der Waals surface area contributed by atoms with E-state index in [0.29, 0.717) is 39.3 Å². The van der Waals surface area contributed by atoms with E-state index < -0.39 is 0 Å². The Bertz CT molecular complexity index is 983. The molecule has 166 valence electrons. The van der Waals surface area contributed by atoms with Gasteiger partial charge in [-0.3, -0.25) is 9.78 Å². The van der Waals surface area contributed by atoms with Crippen molar-refractivity contribution in [1.29, 1.82) is 0 Å². The zero-order valence-electron chi connectivity index (χ0n) is 18.4. The molecule has 0 aliphatic carbocycles. The fraction of sp³-hybridized carbons (Fsp3) is 0.333. The first-order chi connectivity index (χ1) is 15.8. The van der Waals surface area contributed by atoms with E-state index in [1.54, 1.807) is 6.20 Å². The summed E-state index contributed by atoms with van der Waals surface area (Å²) >= 11 is 0. The van der Waals surface area contributed by atoms with Gasteiger partial charge in [-0.2, -0.15) is 0 Å². The Morgan fingerprint density at radius 1 is 0.938 bits per heavy atom. The third-order valence-electron chi connectivity index (χ3n) is 5.69. The number of carbonyl (C=O) groups is 1. The van der Waals surface area contributed by atoms with E-state index in [2.05, 4.69) is 35.3 Å². The highest BCUT2D eigenvalue weighted by Gasteiger charge is 2.17. The number of unbranched alkanes of at least 4 members (excludes halogenated alkanes) is 1. The number of amides is 1. The second-order valence-electron chi connectivity index (χ2n) is 8.06. The summed E-state index contributed by atoms with van der Waals surface area (Å²) in [6, 6.07) is 20.5. The standard InChI is InChI=1S/C27H30N2O3/c30-27(29-14-17-31-18-15-29)20-23-6-3-8-25(19-23)24-9-11-26(12-10-24)32-16-2-1-5-22-7-4-13-28-21-22/h3-4,6-13,19,21H,1-2,5,14-18,20H2. The van der Waals surface area contributed by atoms with Crippen LogP contribution in [0.2, 0.25) is 0 Å². The first-order valence-electron chi connectivity index (χ1n) is 11.3. The molecule has 0 unspecified atom stereocenters. The number of aromatic nitrogens is 1. The van der Waals surface area contributed by atoms with Crippen molar-refractivity contribution in [2.45, 2.75) is 25.7 Å². The minimum atomic E-state index is 0.165. The maximum absolute atomic E-state index is 12.5. The van der Waals surface area contributed by atoms with Crippen LogP contribution in [0.3, 0.4) is 0 Å². The summed E-state index contributed by atoms with van der Waals surface area (Å²) in [5.41, 5.74) is 4.54. The van der Waals surface area contributed by atoms with Crippen LogP contribution in [0.5, 0.6) is 5.75 Å². The number of hydrogen-bond acceptors (Lipinski definition) is 4. The number of ether oxygens (including phenoxy) is 2. The van der Waals surface area contributed by atoms with E-state index in [-0.39, 0.29) is 5.91 Å². The lowest BCUT2D eigenvalue weighted by Crippen LogP contribution is -2.41. The molecular formula is C27H30N2O3. The summed E-state index contributed by atoms with van der Waals surface area (Å²) in [4.78, 5) is 18.6. The van der Waals surface area contributed by atoms with Gasteiger partial charge < -0.3 is 14.4 Å². The topological polar surface area (TPSA) is 51.7 Å². The molecule has 2 aromatic carbocycles. The third kappa shape index (κ3) is 6.41. The lowest BCUT2D eigenvalue weighted by molar-refractivity contribution is -0.134. The number of hydrogen-bond donors (Lipinski definition) is 0. The molecule has 3 aromatic rings. The molecule has 0 atom stereocenters. The number of carbonyl (C=O) groups excluding carboxylic acids is 1. The van der Waals surface area contributed by atoms with Crippen LogP contribution in [0, 0.1) is 0 Å². The average Bonchev–Trinajstić information content (AvgIpc) is 2.85. The van der Waals surface area contributed by atoms with Gasteiger partial charge in [-0.15, -0.1) is 0 Å². The first-order valence-corrected chi connectivity index (χ1v) is 11.3. The first kappa shape index (κ1) is 22.0. The molecule has 4 rings (SSSR count). The zero-order valence-corrected chi connectivity index (χ0v) is 18.4. The minimum absolute atomic E-state index is 0.165. The second-order valence-corrected chi connectivity index (χ2v) is 8.06. The molecule has 1 amide bonds. The predicted molar refractivity (Wildman–Crippen MR) is 126 cm³/mol. The number of benzene rings is 2. The van der Waals surface area contributed by atoms with Crippen molar-refractivity contribution in [3.05, 3.63) is 84.2 Å². The monoisotopic (exact) mass is 430 g/mol. The smallest absolute Gasteiger partial charge is 0.227 e. The predicted octanol–water partition coefficient (Wildman–Crippen LogP) is 4.55. The van der Waals surface area contributed by atoms with E-state index in [1.807, 2.05) is 41.4 Å². The van der Waals surface area contributed by atoms with E-state index in [0.717, 1.165) is 41.7 Å². The van der Waals surface area contributed by atoms with Gasteiger partial charge in [0.2, 0.25) is 5.91 Å². The number of morpholine rings is 1. The highest BCUT2D eigenvalue weighted by atomic mass is 16.5. The molecule has 1 aliphatic heterocycles. The number of pyridine rings is 1. The van der Waals surface area contributed by atoms with Crippen LogP contribution in [0.15, 0.2) is 73.1 Å². The van der Waals surface area contributed by atoms with Crippen LogP contribution in [0.4, 0.5) is 0 Å².